The van der Waals surface area contributed by atoms with E-state index in [-0.39, 0.29) is 31.6 Å². The summed E-state index contributed by atoms with van der Waals surface area (Å²) in [4.78, 5) is 0. The van der Waals surface area contributed by atoms with Gasteiger partial charge in [0.2, 0.25) is 11.8 Å². The molecule has 0 aliphatic carbocycles. The molecule has 2 rings (SSSR count). The van der Waals surface area contributed by atoms with Crippen LogP contribution in [0.2, 0.25) is 6.04 Å². The van der Waals surface area contributed by atoms with Gasteiger partial charge in [0, 0.05) is 6.42 Å². The number of nitrogens with zero attached hydrogens (tertiary/aromatic N) is 2. The monoisotopic (exact) mass is 289 g/mol. The zero-order valence-corrected chi connectivity index (χ0v) is 11.8. The van der Waals surface area contributed by atoms with Gasteiger partial charge in [0.05, 0.1) is 22.2 Å². The number of aromatic nitrogens is 2. The number of ether oxygens (including phenoxy) is 1. The second kappa shape index (κ2) is 6.42. The number of hydrogen-bond acceptors (Lipinski definition) is 5. The highest BCUT2D eigenvalue weighted by molar-refractivity contribution is 6.35. The molecular weight excluding hydrogens is 272 g/mol. The van der Waals surface area contributed by atoms with Crippen LogP contribution in [0.3, 0.4) is 0 Å². The Labute approximate surface area is 112 Å². The molecule has 0 unspecified atom stereocenters. The van der Waals surface area contributed by atoms with E-state index in [0.29, 0.717) is 5.89 Å². The van der Waals surface area contributed by atoms with E-state index in [1.54, 1.807) is 0 Å². The minimum absolute atomic E-state index is 0.0595. The summed E-state index contributed by atoms with van der Waals surface area (Å²) in [5.41, 5.74) is 0. The van der Waals surface area contributed by atoms with Crippen LogP contribution >= 0.6 is 0 Å². The van der Waals surface area contributed by atoms with Crippen LogP contribution < -0.4 is 10.1 Å². The Morgan fingerprint density at radius 2 is 2.37 bits per heavy atom. The number of halogens is 2. The van der Waals surface area contributed by atoms with Gasteiger partial charge in [0.15, 0.2) is 0 Å². The highest BCUT2D eigenvalue weighted by atomic mass is 28.2. The molecule has 1 fully saturated rings. The van der Waals surface area contributed by atoms with Gasteiger partial charge in [-0.2, -0.15) is 0 Å². The van der Waals surface area contributed by atoms with E-state index in [2.05, 4.69) is 15.5 Å². The fourth-order valence-electron chi connectivity index (χ4n) is 1.80. The van der Waals surface area contributed by atoms with Crippen molar-refractivity contribution in [3.8, 4) is 6.08 Å². The molecule has 0 spiro atoms. The summed E-state index contributed by atoms with van der Waals surface area (Å²) in [6, 6.07) is 1.24. The average molecular weight is 289 g/mol. The van der Waals surface area contributed by atoms with Crippen molar-refractivity contribution in [1.29, 1.82) is 0 Å². The van der Waals surface area contributed by atoms with E-state index in [0.717, 1.165) is 35.1 Å². The highest BCUT2D eigenvalue weighted by Gasteiger charge is 2.22. The predicted molar refractivity (Wildman–Crippen MR) is 65.6 cm³/mol. The molecule has 2 radical (unpaired) electrons. The Hall–Kier alpha value is -1.02. The van der Waals surface area contributed by atoms with Crippen molar-refractivity contribution >= 4 is 9.52 Å². The lowest BCUT2D eigenvalue weighted by atomic mass is 10.2. The summed E-state index contributed by atoms with van der Waals surface area (Å²) in [5, 5.41) is 11.0. The smallest absolute Gasteiger partial charge is 0.414 e. The molecular formula is C11H17F2N3O2Si. The first kappa shape index (κ1) is 14.4. The van der Waals surface area contributed by atoms with Crippen LogP contribution in [0.25, 0.3) is 0 Å². The van der Waals surface area contributed by atoms with Crippen molar-refractivity contribution in [2.24, 2.45) is 0 Å². The number of alkyl halides is 2. The summed E-state index contributed by atoms with van der Waals surface area (Å²) >= 11 is 0. The van der Waals surface area contributed by atoms with Crippen molar-refractivity contribution in [2.45, 2.75) is 44.2 Å². The lowest BCUT2D eigenvalue weighted by Crippen LogP contribution is -2.31. The van der Waals surface area contributed by atoms with Crippen LogP contribution in [0.15, 0.2) is 4.42 Å². The first-order chi connectivity index (χ1) is 9.04. The topological polar surface area (TPSA) is 60.2 Å². The summed E-state index contributed by atoms with van der Waals surface area (Å²) in [6.45, 7) is 1.05. The Balaban J connectivity index is 1.74. The maximum absolute atomic E-state index is 12.6. The van der Waals surface area contributed by atoms with Gasteiger partial charge >= 0.3 is 6.08 Å². The summed E-state index contributed by atoms with van der Waals surface area (Å²) in [5.74, 6) is -2.14. The van der Waals surface area contributed by atoms with Gasteiger partial charge < -0.3 is 14.5 Å². The van der Waals surface area contributed by atoms with Crippen molar-refractivity contribution < 1.29 is 17.9 Å². The van der Waals surface area contributed by atoms with Gasteiger partial charge in [-0.15, -0.1) is 5.10 Å². The predicted octanol–water partition coefficient (Wildman–Crippen LogP) is 2.00. The number of nitrogens with one attached hydrogen (secondary N) is 1. The maximum atomic E-state index is 12.6. The van der Waals surface area contributed by atoms with E-state index in [1.807, 2.05) is 0 Å². The lowest BCUT2D eigenvalue weighted by molar-refractivity contribution is 0.00668. The van der Waals surface area contributed by atoms with Crippen molar-refractivity contribution in [3.05, 3.63) is 5.89 Å². The zero-order valence-electron chi connectivity index (χ0n) is 10.8. The molecule has 2 heterocycles. The minimum Gasteiger partial charge on any atom is -0.449 e. The van der Waals surface area contributed by atoms with Gasteiger partial charge in [-0.1, -0.05) is 11.1 Å². The molecule has 0 amide bonds. The Morgan fingerprint density at radius 3 is 3.05 bits per heavy atom. The molecule has 0 aromatic carbocycles. The molecule has 1 atom stereocenters. The van der Waals surface area contributed by atoms with Crippen LogP contribution in [-0.2, 0) is 0 Å². The van der Waals surface area contributed by atoms with Crippen LogP contribution in [0.1, 0.15) is 38.1 Å². The van der Waals surface area contributed by atoms with Gasteiger partial charge in [0.25, 0.3) is 0 Å². The zero-order chi connectivity index (χ0) is 13.7. The van der Waals surface area contributed by atoms with E-state index in [4.69, 9.17) is 9.15 Å². The summed E-state index contributed by atoms with van der Waals surface area (Å²) in [7, 11) is 0.931. The molecule has 1 aromatic rings. The van der Waals surface area contributed by atoms with Gasteiger partial charge in [0.1, 0.15) is 0 Å². The fraction of sp³-hybridized carbons (Fsp3) is 0.818. The van der Waals surface area contributed by atoms with Crippen LogP contribution in [0.5, 0.6) is 6.08 Å². The van der Waals surface area contributed by atoms with Crippen LogP contribution in [0.4, 0.5) is 8.78 Å². The molecule has 8 heteroatoms. The third-order valence-corrected chi connectivity index (χ3v) is 3.89. The minimum atomic E-state index is -2.66. The summed E-state index contributed by atoms with van der Waals surface area (Å²) < 4.78 is 35.7. The van der Waals surface area contributed by atoms with Crippen LogP contribution in [0, 0.1) is 0 Å². The molecule has 0 bridgehead atoms. The van der Waals surface area contributed by atoms with E-state index in [1.165, 1.54) is 0 Å². The third kappa shape index (κ3) is 4.87. The van der Waals surface area contributed by atoms with Crippen molar-refractivity contribution in [3.63, 3.8) is 0 Å². The van der Waals surface area contributed by atoms with Crippen molar-refractivity contribution in [2.75, 3.05) is 12.8 Å². The molecule has 5 nitrogen and oxygen atoms in total. The standard InChI is InChI=1S/C11H17F2N3O2Si/c1-11(12,13)4-2-5-17-10-16-15-9(18-10)8-3-6-19-7-14-8/h8,14H,2-7H2,1H3/t8-/m1/s1. The second-order valence-corrected chi connectivity index (χ2v) is 6.00. The summed E-state index contributed by atoms with van der Waals surface area (Å²) in [6.07, 6.45) is 2.05. The Morgan fingerprint density at radius 1 is 1.53 bits per heavy atom. The first-order valence-electron chi connectivity index (χ1n) is 6.33. The first-order valence-corrected chi connectivity index (χ1v) is 7.74. The van der Waals surface area contributed by atoms with E-state index in [9.17, 15) is 8.78 Å². The maximum Gasteiger partial charge on any atom is 0.414 e. The normalized spacial score (nSPS) is 20.5. The highest BCUT2D eigenvalue weighted by Crippen LogP contribution is 2.23. The van der Waals surface area contributed by atoms with Gasteiger partial charge in [-0.05, 0) is 25.9 Å². The molecule has 1 aliphatic rings. The molecule has 1 N–H and O–H groups in total. The fourth-order valence-corrected chi connectivity index (χ4v) is 2.86. The number of rotatable bonds is 6. The third-order valence-electron chi connectivity index (χ3n) is 2.79. The van der Waals surface area contributed by atoms with E-state index >= 15 is 0 Å². The van der Waals surface area contributed by atoms with Crippen molar-refractivity contribution in [1.82, 2.24) is 15.5 Å². The number of hydrogen-bond donors (Lipinski definition) is 1. The molecule has 106 valence electrons. The molecule has 1 aromatic heterocycles. The molecule has 1 aliphatic heterocycles. The van der Waals surface area contributed by atoms with E-state index < -0.39 is 5.92 Å². The average Bonchev–Trinajstić information content (AvgIpc) is 2.83. The molecule has 19 heavy (non-hydrogen) atoms. The quantitative estimate of drug-likeness (QED) is 0.641. The Kier molecular flexibility index (Phi) is 4.86. The Bertz CT molecular complexity index is 392. The second-order valence-electron chi connectivity index (χ2n) is 4.65. The van der Waals surface area contributed by atoms with Crippen LogP contribution in [-0.4, -0.2) is 38.4 Å². The molecule has 0 saturated carbocycles. The molecule has 1 saturated heterocycles. The van der Waals surface area contributed by atoms with Gasteiger partial charge in [-0.3, -0.25) is 0 Å². The largest absolute Gasteiger partial charge is 0.449 e. The SMILES string of the molecule is CC(F)(F)CCCOc1nnc([C@H]2CC[Si]CN2)o1. The van der Waals surface area contributed by atoms with Gasteiger partial charge in [-0.25, -0.2) is 8.78 Å². The lowest BCUT2D eigenvalue weighted by Gasteiger charge is -2.18.